The van der Waals surface area contributed by atoms with E-state index in [0.717, 1.165) is 0 Å². The van der Waals surface area contributed by atoms with Crippen molar-refractivity contribution in [2.45, 2.75) is 0 Å². The van der Waals surface area contributed by atoms with E-state index < -0.39 is 0 Å². The van der Waals surface area contributed by atoms with Gasteiger partial charge in [-0.05, 0) is 39.4 Å². The van der Waals surface area contributed by atoms with E-state index in [4.69, 9.17) is 0 Å². The van der Waals surface area contributed by atoms with Crippen molar-refractivity contribution >= 4 is 32.3 Å². The van der Waals surface area contributed by atoms with E-state index in [0.29, 0.717) is 0 Å². The van der Waals surface area contributed by atoms with Gasteiger partial charge in [-0.15, -0.1) is 0 Å². The number of benzene rings is 4. The normalized spacial score (nSPS) is 11.0. The molecule has 4 aromatic carbocycles. The molecule has 0 saturated heterocycles. The third-order valence-corrected chi connectivity index (χ3v) is 4.10. The quantitative estimate of drug-likeness (QED) is 0.400. The van der Waals surface area contributed by atoms with Crippen LogP contribution in [-0.4, -0.2) is 26.2 Å². The summed E-state index contributed by atoms with van der Waals surface area (Å²) in [6, 6.07) is 26.0. The van der Waals surface area contributed by atoms with Gasteiger partial charge in [0.1, 0.15) is 0 Å². The summed E-state index contributed by atoms with van der Waals surface area (Å²) in [6.07, 6.45) is 0. The summed E-state index contributed by atoms with van der Waals surface area (Å²) >= 11 is 0. The minimum atomic E-state index is 1.34. The SMILES string of the molecule is CNN(C)C.c1ccc2c(c1)c1ccccc1c1ccccc21. The first kappa shape index (κ1) is 15.5. The summed E-state index contributed by atoms with van der Waals surface area (Å²) < 4.78 is 0. The molecule has 0 aromatic heterocycles. The number of nitrogens with one attached hydrogen (secondary N) is 1. The second-order valence-electron chi connectivity index (χ2n) is 5.75. The van der Waals surface area contributed by atoms with Gasteiger partial charge in [0.05, 0.1) is 0 Å². The first-order valence-electron chi connectivity index (χ1n) is 7.85. The highest BCUT2D eigenvalue weighted by atomic mass is 15.5. The van der Waals surface area contributed by atoms with E-state index in [-0.39, 0.29) is 0 Å². The zero-order chi connectivity index (χ0) is 16.2. The average molecular weight is 302 g/mol. The van der Waals surface area contributed by atoms with Crippen molar-refractivity contribution in [2.24, 2.45) is 0 Å². The minimum Gasteiger partial charge on any atom is -0.259 e. The Kier molecular flexibility index (Phi) is 4.56. The maximum Gasteiger partial charge on any atom is 0.00128 e. The predicted octanol–water partition coefficient (Wildman–Crippen LogP) is 4.83. The Hall–Kier alpha value is -2.42. The van der Waals surface area contributed by atoms with Crippen molar-refractivity contribution in [3.05, 3.63) is 72.8 Å². The number of hydrazine groups is 1. The molecule has 0 saturated carbocycles. The van der Waals surface area contributed by atoms with Crippen LogP contribution >= 0.6 is 0 Å². The highest BCUT2D eigenvalue weighted by Gasteiger charge is 2.06. The second kappa shape index (κ2) is 6.78. The van der Waals surface area contributed by atoms with Gasteiger partial charge < -0.3 is 0 Å². The van der Waals surface area contributed by atoms with Crippen LogP contribution in [0.3, 0.4) is 0 Å². The van der Waals surface area contributed by atoms with Gasteiger partial charge in [0.25, 0.3) is 0 Å². The van der Waals surface area contributed by atoms with Crippen LogP contribution in [0.5, 0.6) is 0 Å². The molecule has 23 heavy (non-hydrogen) atoms. The van der Waals surface area contributed by atoms with Crippen molar-refractivity contribution in [3.63, 3.8) is 0 Å². The molecule has 0 fully saturated rings. The maximum absolute atomic E-state index is 2.86. The van der Waals surface area contributed by atoms with Crippen LogP contribution in [0.15, 0.2) is 72.8 Å². The molecule has 0 radical (unpaired) electrons. The molecule has 4 aromatic rings. The molecule has 116 valence electrons. The van der Waals surface area contributed by atoms with Gasteiger partial charge in [-0.2, -0.15) is 0 Å². The van der Waals surface area contributed by atoms with Crippen LogP contribution in [0.1, 0.15) is 0 Å². The molecular formula is C21H22N2. The highest BCUT2D eigenvalue weighted by molar-refractivity contribution is 6.25. The van der Waals surface area contributed by atoms with Crippen molar-refractivity contribution < 1.29 is 0 Å². The Morgan fingerprint density at radius 1 is 0.522 bits per heavy atom. The van der Waals surface area contributed by atoms with Crippen LogP contribution in [0, 0.1) is 0 Å². The highest BCUT2D eigenvalue weighted by Crippen LogP contribution is 2.34. The van der Waals surface area contributed by atoms with E-state index >= 15 is 0 Å². The van der Waals surface area contributed by atoms with Crippen molar-refractivity contribution in [3.8, 4) is 0 Å². The lowest BCUT2D eigenvalue weighted by Gasteiger charge is -2.09. The summed E-state index contributed by atoms with van der Waals surface area (Å²) in [5.74, 6) is 0. The smallest absolute Gasteiger partial charge is 0.00128 e. The Labute approximate surface area is 137 Å². The average Bonchev–Trinajstić information content (AvgIpc) is 2.62. The van der Waals surface area contributed by atoms with Crippen molar-refractivity contribution in [1.29, 1.82) is 0 Å². The van der Waals surface area contributed by atoms with Crippen molar-refractivity contribution in [1.82, 2.24) is 10.4 Å². The number of hydrogen-bond donors (Lipinski definition) is 1. The molecule has 0 aliphatic carbocycles. The van der Waals surface area contributed by atoms with Gasteiger partial charge in [0.2, 0.25) is 0 Å². The fourth-order valence-corrected chi connectivity index (χ4v) is 2.86. The monoisotopic (exact) mass is 302 g/mol. The third kappa shape index (κ3) is 3.04. The van der Waals surface area contributed by atoms with Crippen LogP contribution < -0.4 is 5.43 Å². The molecule has 2 nitrogen and oxygen atoms in total. The zero-order valence-corrected chi connectivity index (χ0v) is 13.9. The van der Waals surface area contributed by atoms with E-state index in [1.807, 2.05) is 26.2 Å². The summed E-state index contributed by atoms with van der Waals surface area (Å²) in [7, 11) is 5.76. The van der Waals surface area contributed by atoms with Gasteiger partial charge in [0, 0.05) is 14.1 Å². The van der Waals surface area contributed by atoms with E-state index in [1.165, 1.54) is 32.3 Å². The summed E-state index contributed by atoms with van der Waals surface area (Å²) in [5, 5.41) is 9.91. The van der Waals surface area contributed by atoms with Gasteiger partial charge in [-0.1, -0.05) is 72.8 Å². The molecule has 0 amide bonds. The lowest BCUT2D eigenvalue weighted by molar-refractivity contribution is 0.323. The van der Waals surface area contributed by atoms with Crippen LogP contribution in [-0.2, 0) is 0 Å². The lowest BCUT2D eigenvalue weighted by Crippen LogP contribution is -2.25. The second-order valence-corrected chi connectivity index (χ2v) is 5.75. The fourth-order valence-electron chi connectivity index (χ4n) is 2.86. The molecule has 0 unspecified atom stereocenters. The molecule has 0 bridgehead atoms. The summed E-state index contributed by atoms with van der Waals surface area (Å²) in [5.41, 5.74) is 2.86. The maximum atomic E-state index is 2.86. The standard InChI is InChI=1S/C18H12.C3H10N2/c1-2-8-14-13(7-1)15-9-3-4-11-17(15)18-12-6-5-10-16(14)18;1-4-5(2)3/h1-12H;4H,1-3H3. The minimum absolute atomic E-state index is 1.34. The van der Waals surface area contributed by atoms with E-state index in [9.17, 15) is 0 Å². The number of rotatable bonds is 1. The van der Waals surface area contributed by atoms with Crippen LogP contribution in [0.2, 0.25) is 0 Å². The third-order valence-electron chi connectivity index (χ3n) is 4.10. The molecule has 0 atom stereocenters. The molecule has 0 heterocycles. The zero-order valence-electron chi connectivity index (χ0n) is 13.9. The van der Waals surface area contributed by atoms with Gasteiger partial charge >= 0.3 is 0 Å². The fraction of sp³-hybridized carbons (Fsp3) is 0.143. The summed E-state index contributed by atoms with van der Waals surface area (Å²) in [4.78, 5) is 0. The molecule has 0 spiro atoms. The Balaban J connectivity index is 0.000000276. The largest absolute Gasteiger partial charge is 0.259 e. The Bertz CT molecular complexity index is 721. The Morgan fingerprint density at radius 2 is 0.696 bits per heavy atom. The number of fused-ring (bicyclic) bond motifs is 6. The molecular weight excluding hydrogens is 280 g/mol. The van der Waals surface area contributed by atoms with Gasteiger partial charge in [0.15, 0.2) is 0 Å². The lowest BCUT2D eigenvalue weighted by atomic mass is 9.95. The summed E-state index contributed by atoms with van der Waals surface area (Å²) in [6.45, 7) is 0. The molecule has 1 N–H and O–H groups in total. The first-order chi connectivity index (χ1) is 11.2. The van der Waals surface area contributed by atoms with E-state index in [1.54, 1.807) is 0 Å². The van der Waals surface area contributed by atoms with Gasteiger partial charge in [-0.3, -0.25) is 10.4 Å². The van der Waals surface area contributed by atoms with Crippen LogP contribution in [0.25, 0.3) is 32.3 Å². The molecule has 4 rings (SSSR count). The Morgan fingerprint density at radius 3 is 0.826 bits per heavy atom. The first-order valence-corrected chi connectivity index (χ1v) is 7.85. The van der Waals surface area contributed by atoms with Gasteiger partial charge in [-0.25, -0.2) is 0 Å². The molecule has 2 heteroatoms. The molecule has 0 aliphatic heterocycles. The predicted molar refractivity (Wildman–Crippen MR) is 102 cm³/mol. The number of nitrogens with zero attached hydrogens (tertiary/aromatic N) is 1. The van der Waals surface area contributed by atoms with E-state index in [2.05, 4.69) is 78.2 Å². The number of hydrogen-bond acceptors (Lipinski definition) is 2. The molecule has 0 aliphatic rings. The van der Waals surface area contributed by atoms with Crippen LogP contribution in [0.4, 0.5) is 0 Å². The van der Waals surface area contributed by atoms with Crippen molar-refractivity contribution in [2.75, 3.05) is 21.1 Å². The topological polar surface area (TPSA) is 15.3 Å².